The van der Waals surface area contributed by atoms with Gasteiger partial charge in [0.2, 0.25) is 10.0 Å². The number of nitrogens with one attached hydrogen (secondary N) is 1. The SMILES string of the molecule is Cc1ccc(S(=O)(=O)NCC(=O)OCC(=O)N2CCC(Cc3ccccc3)CC2)cc1. The first-order valence-electron chi connectivity index (χ1n) is 10.4. The van der Waals surface area contributed by atoms with Crippen LogP contribution in [0.3, 0.4) is 0 Å². The van der Waals surface area contributed by atoms with Crippen molar-refractivity contribution in [1.82, 2.24) is 9.62 Å². The van der Waals surface area contributed by atoms with Crippen LogP contribution in [0.2, 0.25) is 0 Å². The van der Waals surface area contributed by atoms with Gasteiger partial charge in [-0.1, -0.05) is 48.0 Å². The first-order chi connectivity index (χ1) is 14.8. The number of carbonyl (C=O) groups excluding carboxylic acids is 2. The highest BCUT2D eigenvalue weighted by molar-refractivity contribution is 7.89. The lowest BCUT2D eigenvalue weighted by Gasteiger charge is -2.32. The molecule has 166 valence electrons. The number of aryl methyl sites for hydroxylation is 1. The Morgan fingerprint density at radius 2 is 1.68 bits per heavy atom. The summed E-state index contributed by atoms with van der Waals surface area (Å²) in [7, 11) is -3.81. The Balaban J connectivity index is 1.37. The molecule has 7 nitrogen and oxygen atoms in total. The zero-order chi connectivity index (χ0) is 22.3. The molecule has 0 radical (unpaired) electrons. The standard InChI is InChI=1S/C23H28N2O5S/c1-18-7-9-21(10-8-18)31(28,29)24-16-23(27)30-17-22(26)25-13-11-20(12-14-25)15-19-5-3-2-4-6-19/h2-10,20,24H,11-17H2,1H3. The molecule has 0 bridgehead atoms. The van der Waals surface area contributed by atoms with Crippen LogP contribution in [0.5, 0.6) is 0 Å². The van der Waals surface area contributed by atoms with E-state index in [1.54, 1.807) is 17.0 Å². The molecule has 0 aliphatic carbocycles. The number of esters is 1. The minimum atomic E-state index is -3.81. The third kappa shape index (κ3) is 6.90. The van der Waals surface area contributed by atoms with Crippen LogP contribution in [-0.4, -0.2) is 51.4 Å². The minimum absolute atomic E-state index is 0.0698. The van der Waals surface area contributed by atoms with Crippen LogP contribution in [0.25, 0.3) is 0 Å². The van der Waals surface area contributed by atoms with Gasteiger partial charge in [-0.3, -0.25) is 9.59 Å². The second-order valence-corrected chi connectivity index (χ2v) is 9.58. The molecule has 0 saturated carbocycles. The number of nitrogens with zero attached hydrogens (tertiary/aromatic N) is 1. The van der Waals surface area contributed by atoms with Crippen LogP contribution in [-0.2, 0) is 30.8 Å². The summed E-state index contributed by atoms with van der Waals surface area (Å²) in [4.78, 5) is 26.0. The highest BCUT2D eigenvalue weighted by Crippen LogP contribution is 2.21. The molecule has 0 atom stereocenters. The summed E-state index contributed by atoms with van der Waals surface area (Å²) in [6.07, 6.45) is 2.81. The van der Waals surface area contributed by atoms with Crippen molar-refractivity contribution in [3.05, 3.63) is 65.7 Å². The van der Waals surface area contributed by atoms with Gasteiger partial charge in [-0.05, 0) is 49.8 Å². The molecular formula is C23H28N2O5S. The zero-order valence-electron chi connectivity index (χ0n) is 17.6. The van der Waals surface area contributed by atoms with E-state index in [0.29, 0.717) is 19.0 Å². The predicted octanol–water partition coefficient (Wildman–Crippen LogP) is 2.30. The van der Waals surface area contributed by atoms with Crippen LogP contribution >= 0.6 is 0 Å². The summed E-state index contributed by atoms with van der Waals surface area (Å²) >= 11 is 0. The Morgan fingerprint density at radius 1 is 1.03 bits per heavy atom. The lowest BCUT2D eigenvalue weighted by molar-refractivity contribution is -0.151. The first kappa shape index (κ1) is 23.0. The van der Waals surface area contributed by atoms with Crippen LogP contribution < -0.4 is 4.72 Å². The van der Waals surface area contributed by atoms with E-state index in [1.165, 1.54) is 17.7 Å². The van der Waals surface area contributed by atoms with E-state index in [4.69, 9.17) is 4.74 Å². The summed E-state index contributed by atoms with van der Waals surface area (Å²) in [6.45, 7) is 2.21. The maximum Gasteiger partial charge on any atom is 0.321 e. The number of benzene rings is 2. The molecule has 0 aromatic heterocycles. The van der Waals surface area contributed by atoms with Gasteiger partial charge < -0.3 is 9.64 Å². The van der Waals surface area contributed by atoms with Crippen molar-refractivity contribution in [2.24, 2.45) is 5.92 Å². The molecule has 8 heteroatoms. The minimum Gasteiger partial charge on any atom is -0.455 e. The molecule has 1 aliphatic rings. The molecular weight excluding hydrogens is 416 g/mol. The lowest BCUT2D eigenvalue weighted by Crippen LogP contribution is -2.41. The summed E-state index contributed by atoms with van der Waals surface area (Å²) in [6, 6.07) is 16.6. The molecule has 1 saturated heterocycles. The normalized spacial score (nSPS) is 14.9. The average molecular weight is 445 g/mol. The second-order valence-electron chi connectivity index (χ2n) is 7.81. The molecule has 2 aromatic rings. The van der Waals surface area contributed by atoms with E-state index >= 15 is 0 Å². The first-order valence-corrected chi connectivity index (χ1v) is 11.9. The van der Waals surface area contributed by atoms with Gasteiger partial charge >= 0.3 is 5.97 Å². The van der Waals surface area contributed by atoms with Crippen LogP contribution in [0.4, 0.5) is 0 Å². The van der Waals surface area contributed by atoms with Gasteiger partial charge in [0.15, 0.2) is 6.61 Å². The van der Waals surface area contributed by atoms with Crippen molar-refractivity contribution >= 4 is 21.9 Å². The Kier molecular flexibility index (Phi) is 7.81. The number of likely N-dealkylation sites (tertiary alicyclic amines) is 1. The third-order valence-corrected chi connectivity index (χ3v) is 6.85. The Labute approximate surface area is 183 Å². The van der Waals surface area contributed by atoms with E-state index in [1.807, 2.05) is 25.1 Å². The molecule has 0 unspecified atom stereocenters. The number of carbonyl (C=O) groups is 2. The van der Waals surface area contributed by atoms with E-state index in [9.17, 15) is 18.0 Å². The number of hydrogen-bond acceptors (Lipinski definition) is 5. The van der Waals surface area contributed by atoms with Gasteiger partial charge in [0, 0.05) is 13.1 Å². The van der Waals surface area contributed by atoms with Crippen LogP contribution in [0.1, 0.15) is 24.0 Å². The highest BCUT2D eigenvalue weighted by Gasteiger charge is 2.24. The van der Waals surface area contributed by atoms with Crippen molar-refractivity contribution in [1.29, 1.82) is 0 Å². The molecule has 3 rings (SSSR count). The molecule has 31 heavy (non-hydrogen) atoms. The van der Waals surface area contributed by atoms with E-state index in [0.717, 1.165) is 24.8 Å². The molecule has 0 spiro atoms. The monoisotopic (exact) mass is 444 g/mol. The third-order valence-electron chi connectivity index (χ3n) is 5.43. The quantitative estimate of drug-likeness (QED) is 0.631. The smallest absolute Gasteiger partial charge is 0.321 e. The zero-order valence-corrected chi connectivity index (χ0v) is 18.4. The van der Waals surface area contributed by atoms with E-state index in [-0.39, 0.29) is 17.4 Å². The van der Waals surface area contributed by atoms with Gasteiger partial charge in [0.25, 0.3) is 5.91 Å². The summed E-state index contributed by atoms with van der Waals surface area (Å²) in [5.74, 6) is -0.513. The van der Waals surface area contributed by atoms with E-state index in [2.05, 4.69) is 16.9 Å². The van der Waals surface area contributed by atoms with Gasteiger partial charge in [-0.2, -0.15) is 4.72 Å². The topological polar surface area (TPSA) is 92.8 Å². The lowest BCUT2D eigenvalue weighted by atomic mass is 9.90. The molecule has 1 fully saturated rings. The van der Waals surface area contributed by atoms with Crippen LogP contribution in [0.15, 0.2) is 59.5 Å². The molecule has 2 aromatic carbocycles. The number of amides is 1. The maximum absolute atomic E-state index is 12.3. The fraction of sp³-hybridized carbons (Fsp3) is 0.391. The molecule has 1 heterocycles. The number of hydrogen-bond donors (Lipinski definition) is 1. The maximum atomic E-state index is 12.3. The average Bonchev–Trinajstić information content (AvgIpc) is 2.77. The second kappa shape index (κ2) is 10.5. The van der Waals surface area contributed by atoms with Crippen molar-refractivity contribution in [2.45, 2.75) is 31.1 Å². The fourth-order valence-electron chi connectivity index (χ4n) is 3.57. The summed E-state index contributed by atoms with van der Waals surface area (Å²) < 4.78 is 31.6. The van der Waals surface area contributed by atoms with E-state index < -0.39 is 22.5 Å². The van der Waals surface area contributed by atoms with Crippen molar-refractivity contribution in [3.8, 4) is 0 Å². The van der Waals surface area contributed by atoms with Crippen molar-refractivity contribution in [2.75, 3.05) is 26.2 Å². The number of ether oxygens (including phenoxy) is 1. The number of sulfonamides is 1. The van der Waals surface area contributed by atoms with Crippen LogP contribution in [0, 0.1) is 12.8 Å². The van der Waals surface area contributed by atoms with Crippen molar-refractivity contribution in [3.63, 3.8) is 0 Å². The number of piperidine rings is 1. The van der Waals surface area contributed by atoms with Gasteiger partial charge in [-0.15, -0.1) is 0 Å². The largest absolute Gasteiger partial charge is 0.455 e. The van der Waals surface area contributed by atoms with Gasteiger partial charge in [-0.25, -0.2) is 8.42 Å². The Morgan fingerprint density at radius 3 is 2.32 bits per heavy atom. The molecule has 1 aliphatic heterocycles. The summed E-state index contributed by atoms with van der Waals surface area (Å²) in [5, 5.41) is 0. The predicted molar refractivity (Wildman–Crippen MR) is 117 cm³/mol. The van der Waals surface area contributed by atoms with Gasteiger partial charge in [0.05, 0.1) is 4.90 Å². The molecule has 1 amide bonds. The van der Waals surface area contributed by atoms with Gasteiger partial charge in [0.1, 0.15) is 6.54 Å². The Hall–Kier alpha value is -2.71. The highest BCUT2D eigenvalue weighted by atomic mass is 32.2. The number of rotatable bonds is 8. The van der Waals surface area contributed by atoms with Crippen molar-refractivity contribution < 1.29 is 22.7 Å². The summed E-state index contributed by atoms with van der Waals surface area (Å²) in [5.41, 5.74) is 2.23. The molecule has 1 N–H and O–H groups in total. The Bertz CT molecular complexity index is 982. The fourth-order valence-corrected chi connectivity index (χ4v) is 4.54.